The van der Waals surface area contributed by atoms with E-state index in [9.17, 15) is 32.7 Å². The second-order valence-electron chi connectivity index (χ2n) is 7.40. The Hall–Kier alpha value is -2.58. The molecule has 160 valence electrons. The summed E-state index contributed by atoms with van der Waals surface area (Å²) in [6, 6.07) is 5.01. The molecule has 29 heavy (non-hydrogen) atoms. The highest BCUT2D eigenvalue weighted by atomic mass is 19.4. The lowest BCUT2D eigenvalue weighted by Gasteiger charge is -2.46. The summed E-state index contributed by atoms with van der Waals surface area (Å²) in [6.07, 6.45) is -6.22. The third-order valence-electron chi connectivity index (χ3n) is 5.24. The maximum Gasteiger partial charge on any atom is 0.416 e. The first-order valence-electron chi connectivity index (χ1n) is 9.32. The van der Waals surface area contributed by atoms with Crippen molar-refractivity contribution in [1.29, 1.82) is 0 Å². The number of ketones is 1. The molecule has 9 heteroatoms. The fraction of sp³-hybridized carbons (Fsp3) is 0.550. The molecule has 1 fully saturated rings. The minimum Gasteiger partial charge on any atom is -0.466 e. The van der Waals surface area contributed by atoms with Crippen LogP contribution in [0.3, 0.4) is 0 Å². The topological polar surface area (TPSA) is 83.9 Å². The van der Waals surface area contributed by atoms with Gasteiger partial charge in [0, 0.05) is 18.0 Å². The van der Waals surface area contributed by atoms with Crippen molar-refractivity contribution in [3.63, 3.8) is 0 Å². The number of piperidine rings is 1. The molecule has 0 unspecified atom stereocenters. The Bertz CT molecular complexity index is 780. The van der Waals surface area contributed by atoms with Crippen LogP contribution in [0.5, 0.6) is 0 Å². The van der Waals surface area contributed by atoms with Gasteiger partial charge >= 0.3 is 18.2 Å². The first-order valence-corrected chi connectivity index (χ1v) is 9.32. The summed E-state index contributed by atoms with van der Waals surface area (Å²) < 4.78 is 44.9. The number of nitrogens with zero attached hydrogens (tertiary/aromatic N) is 1. The lowest BCUT2D eigenvalue weighted by atomic mass is 9.75. The Balaban J connectivity index is 2.29. The molecule has 1 amide bonds. The average Bonchev–Trinajstić information content (AvgIpc) is 2.60. The third-order valence-corrected chi connectivity index (χ3v) is 5.24. The number of benzene rings is 1. The van der Waals surface area contributed by atoms with E-state index >= 15 is 0 Å². The highest BCUT2D eigenvalue weighted by Gasteiger charge is 2.45. The number of rotatable bonds is 6. The molecular weight excluding hydrogens is 391 g/mol. The molecule has 1 saturated heterocycles. The standard InChI is InChI=1S/C20H24F3NO5/c1-3-29-17(26)10-16(25)14-8-9-24(18(27)28)19(2,12-14)11-13-6-4-5-7-15(13)20(21,22)23/h4-7,14H,3,8-12H2,1-2H3,(H,27,28)/t14-,19+/m0/s1. The number of amides is 1. The third kappa shape index (κ3) is 5.48. The maximum atomic E-state index is 13.4. The summed E-state index contributed by atoms with van der Waals surface area (Å²) in [5.74, 6) is -1.68. The van der Waals surface area contributed by atoms with E-state index in [0.717, 1.165) is 11.0 Å². The zero-order valence-corrected chi connectivity index (χ0v) is 16.3. The minimum absolute atomic E-state index is 0.000744. The van der Waals surface area contributed by atoms with Crippen LogP contribution in [-0.2, 0) is 26.9 Å². The van der Waals surface area contributed by atoms with Gasteiger partial charge in [0.15, 0.2) is 0 Å². The number of carboxylic acid groups (broad SMARTS) is 1. The summed E-state index contributed by atoms with van der Waals surface area (Å²) >= 11 is 0. The van der Waals surface area contributed by atoms with Gasteiger partial charge in [0.1, 0.15) is 12.2 Å². The van der Waals surface area contributed by atoms with E-state index in [4.69, 9.17) is 4.74 Å². The van der Waals surface area contributed by atoms with Crippen molar-refractivity contribution >= 4 is 17.8 Å². The SMILES string of the molecule is CCOC(=O)CC(=O)[C@H]1CCN(C(=O)O)[C@](C)(Cc2ccccc2C(F)(F)F)C1. The van der Waals surface area contributed by atoms with Gasteiger partial charge in [0.25, 0.3) is 0 Å². The fourth-order valence-corrected chi connectivity index (χ4v) is 3.93. The number of Topliss-reactive ketones (excluding diaryl/α,β-unsaturated/α-hetero) is 1. The minimum atomic E-state index is -4.57. The van der Waals surface area contributed by atoms with E-state index < -0.39 is 41.7 Å². The predicted molar refractivity (Wildman–Crippen MR) is 97.3 cm³/mol. The van der Waals surface area contributed by atoms with Gasteiger partial charge in [-0.05, 0) is 44.7 Å². The maximum absolute atomic E-state index is 13.4. The molecule has 0 aromatic heterocycles. The van der Waals surface area contributed by atoms with Gasteiger partial charge in [0.05, 0.1) is 12.2 Å². The lowest BCUT2D eigenvalue weighted by Crippen LogP contribution is -2.56. The van der Waals surface area contributed by atoms with Crippen LogP contribution in [0.1, 0.15) is 44.2 Å². The largest absolute Gasteiger partial charge is 0.466 e. The van der Waals surface area contributed by atoms with Crippen LogP contribution in [-0.4, -0.2) is 46.5 Å². The Labute approximate surface area is 166 Å². The summed E-state index contributed by atoms with van der Waals surface area (Å²) in [5.41, 5.74) is -2.08. The Kier molecular flexibility index (Phi) is 6.92. The summed E-state index contributed by atoms with van der Waals surface area (Å²) in [4.78, 5) is 36.9. The molecule has 1 aliphatic rings. The molecule has 6 nitrogen and oxygen atoms in total. The van der Waals surface area contributed by atoms with Crippen LogP contribution >= 0.6 is 0 Å². The Morgan fingerprint density at radius 1 is 1.28 bits per heavy atom. The molecule has 1 aromatic carbocycles. The Morgan fingerprint density at radius 2 is 1.93 bits per heavy atom. The van der Waals surface area contributed by atoms with Crippen LogP contribution in [0.15, 0.2) is 24.3 Å². The van der Waals surface area contributed by atoms with Crippen molar-refractivity contribution < 1.29 is 37.4 Å². The van der Waals surface area contributed by atoms with Crippen molar-refractivity contribution in [3.05, 3.63) is 35.4 Å². The normalized spacial score (nSPS) is 22.2. The molecule has 1 aliphatic heterocycles. The van der Waals surface area contributed by atoms with E-state index in [-0.39, 0.29) is 43.8 Å². The second-order valence-corrected chi connectivity index (χ2v) is 7.40. The fourth-order valence-electron chi connectivity index (χ4n) is 3.93. The zero-order chi connectivity index (χ0) is 21.8. The van der Waals surface area contributed by atoms with Gasteiger partial charge in [0.2, 0.25) is 0 Å². The van der Waals surface area contributed by atoms with E-state index in [1.807, 2.05) is 0 Å². The molecule has 2 rings (SSSR count). The van der Waals surface area contributed by atoms with Crippen LogP contribution in [0.25, 0.3) is 0 Å². The monoisotopic (exact) mass is 415 g/mol. The first kappa shape index (κ1) is 22.7. The average molecular weight is 415 g/mol. The molecular formula is C20H24F3NO5. The number of ether oxygens (including phenoxy) is 1. The molecule has 2 atom stereocenters. The summed E-state index contributed by atoms with van der Waals surface area (Å²) in [5, 5.41) is 9.57. The van der Waals surface area contributed by atoms with Crippen molar-refractivity contribution in [2.75, 3.05) is 13.2 Å². The van der Waals surface area contributed by atoms with E-state index in [1.54, 1.807) is 6.92 Å². The van der Waals surface area contributed by atoms with Crippen LogP contribution in [0.2, 0.25) is 0 Å². The van der Waals surface area contributed by atoms with Crippen molar-refractivity contribution in [2.24, 2.45) is 5.92 Å². The number of hydrogen-bond acceptors (Lipinski definition) is 4. The number of carbonyl (C=O) groups is 3. The number of carbonyl (C=O) groups excluding carboxylic acids is 2. The predicted octanol–water partition coefficient (Wildman–Crippen LogP) is 3.92. The molecule has 1 aromatic rings. The lowest BCUT2D eigenvalue weighted by molar-refractivity contribution is -0.147. The van der Waals surface area contributed by atoms with Gasteiger partial charge in [-0.1, -0.05) is 18.2 Å². The molecule has 0 radical (unpaired) electrons. The first-order chi connectivity index (χ1) is 13.5. The number of halogens is 3. The highest BCUT2D eigenvalue weighted by Crippen LogP contribution is 2.39. The van der Waals surface area contributed by atoms with E-state index in [1.165, 1.54) is 25.1 Å². The van der Waals surface area contributed by atoms with Crippen LogP contribution in [0, 0.1) is 5.92 Å². The molecule has 0 spiro atoms. The molecule has 1 N–H and O–H groups in total. The van der Waals surface area contributed by atoms with E-state index in [2.05, 4.69) is 0 Å². The second kappa shape index (κ2) is 8.84. The van der Waals surface area contributed by atoms with Gasteiger partial charge in [-0.25, -0.2) is 4.79 Å². The zero-order valence-electron chi connectivity index (χ0n) is 16.3. The number of likely N-dealkylation sites (tertiary alicyclic amines) is 1. The van der Waals surface area contributed by atoms with Crippen LogP contribution < -0.4 is 0 Å². The van der Waals surface area contributed by atoms with Gasteiger partial charge in [-0.15, -0.1) is 0 Å². The van der Waals surface area contributed by atoms with Gasteiger partial charge in [-0.3, -0.25) is 9.59 Å². The van der Waals surface area contributed by atoms with Crippen molar-refractivity contribution in [2.45, 2.75) is 51.2 Å². The smallest absolute Gasteiger partial charge is 0.416 e. The van der Waals surface area contributed by atoms with Gasteiger partial charge < -0.3 is 14.7 Å². The summed E-state index contributed by atoms with van der Waals surface area (Å²) in [6.45, 7) is 3.29. The summed E-state index contributed by atoms with van der Waals surface area (Å²) in [7, 11) is 0. The van der Waals surface area contributed by atoms with Crippen molar-refractivity contribution in [3.8, 4) is 0 Å². The Morgan fingerprint density at radius 3 is 2.52 bits per heavy atom. The molecule has 0 aliphatic carbocycles. The molecule has 1 heterocycles. The number of hydrogen-bond donors (Lipinski definition) is 1. The highest BCUT2D eigenvalue weighted by molar-refractivity contribution is 5.97. The number of esters is 1. The quantitative estimate of drug-likeness (QED) is 0.562. The van der Waals surface area contributed by atoms with Gasteiger partial charge in [-0.2, -0.15) is 13.2 Å². The number of alkyl halides is 3. The van der Waals surface area contributed by atoms with Crippen molar-refractivity contribution in [1.82, 2.24) is 4.90 Å². The molecule has 0 saturated carbocycles. The van der Waals surface area contributed by atoms with E-state index in [0.29, 0.717) is 0 Å². The molecule has 0 bridgehead atoms. The van der Waals surface area contributed by atoms with Crippen LogP contribution in [0.4, 0.5) is 18.0 Å².